The van der Waals surface area contributed by atoms with Gasteiger partial charge in [-0.1, -0.05) is 23.7 Å². The Morgan fingerprint density at radius 1 is 1.16 bits per heavy atom. The van der Waals surface area contributed by atoms with Gasteiger partial charge in [-0.2, -0.15) is 0 Å². The Bertz CT molecular complexity index is 407. The summed E-state index contributed by atoms with van der Waals surface area (Å²) in [5.41, 5.74) is 1.52. The Hall–Kier alpha value is -0.570. The maximum absolute atomic E-state index is 6.03. The van der Waals surface area contributed by atoms with Crippen LogP contribution >= 0.6 is 11.6 Å². The lowest BCUT2D eigenvalue weighted by atomic mass is 9.98. The van der Waals surface area contributed by atoms with E-state index >= 15 is 0 Å². The van der Waals surface area contributed by atoms with Crippen LogP contribution in [0.4, 0.5) is 0 Å². The molecule has 1 heterocycles. The topological polar surface area (TPSA) is 30.0 Å². The highest BCUT2D eigenvalue weighted by atomic mass is 35.5. The summed E-state index contributed by atoms with van der Waals surface area (Å²) < 4.78 is 1.33. The fraction of sp³-hybridized carbons (Fsp3) is 0.625. The van der Waals surface area contributed by atoms with E-state index in [1.165, 1.54) is 55.4 Å². The summed E-state index contributed by atoms with van der Waals surface area (Å²) in [6.45, 7) is 6.40. The summed E-state index contributed by atoms with van der Waals surface area (Å²) >= 11 is 6.03. The Labute approximate surface area is 121 Å². The molecule has 0 amide bonds. The summed E-state index contributed by atoms with van der Waals surface area (Å²) in [4.78, 5) is 0. The number of benzene rings is 1. The van der Waals surface area contributed by atoms with Gasteiger partial charge in [0.15, 0.2) is 0 Å². The van der Waals surface area contributed by atoms with Gasteiger partial charge < -0.3 is 9.96 Å². The maximum Gasteiger partial charge on any atom is 0.117 e. The van der Waals surface area contributed by atoms with E-state index in [0.29, 0.717) is 0 Å². The first-order chi connectivity index (χ1) is 8.75. The lowest BCUT2D eigenvalue weighted by Crippen LogP contribution is -2.48. The third-order valence-corrected chi connectivity index (χ3v) is 5.21. The van der Waals surface area contributed by atoms with Crippen molar-refractivity contribution in [3.8, 4) is 0 Å². The van der Waals surface area contributed by atoms with E-state index in [1.54, 1.807) is 0 Å². The summed E-state index contributed by atoms with van der Waals surface area (Å²) in [7, 11) is 0. The van der Waals surface area contributed by atoms with Crippen LogP contribution in [0, 0.1) is 5.92 Å². The van der Waals surface area contributed by atoms with Gasteiger partial charge in [-0.15, -0.1) is 0 Å². The highest BCUT2D eigenvalue weighted by molar-refractivity contribution is 6.30. The zero-order chi connectivity index (χ0) is 12.6. The molecule has 0 aromatic heterocycles. The second kappa shape index (κ2) is 5.82. The second-order valence-corrected chi connectivity index (χ2v) is 6.46. The molecule has 0 spiro atoms. The van der Waals surface area contributed by atoms with Crippen LogP contribution in [0.5, 0.6) is 0 Å². The Kier molecular flexibility index (Phi) is 4.54. The summed E-state index contributed by atoms with van der Waals surface area (Å²) in [5, 5.41) is 0.859. The first-order valence-electron chi connectivity index (χ1n) is 7.36. The van der Waals surface area contributed by atoms with Crippen molar-refractivity contribution in [2.75, 3.05) is 19.6 Å². The molecule has 1 atom stereocenters. The molecule has 1 aromatic rings. The van der Waals surface area contributed by atoms with E-state index in [9.17, 15) is 0 Å². The Morgan fingerprint density at radius 3 is 2.21 bits per heavy atom. The minimum atomic E-state index is 0. The molecule has 0 bridgehead atoms. The van der Waals surface area contributed by atoms with Gasteiger partial charge in [0, 0.05) is 29.3 Å². The van der Waals surface area contributed by atoms with Crippen molar-refractivity contribution in [2.45, 2.75) is 38.6 Å². The summed E-state index contributed by atoms with van der Waals surface area (Å²) in [5.74, 6) is 0.921. The molecule has 2 fully saturated rings. The molecular weight excluding hydrogens is 258 g/mol. The smallest absolute Gasteiger partial charge is 0.117 e. The highest BCUT2D eigenvalue weighted by Gasteiger charge is 2.47. The van der Waals surface area contributed by atoms with Crippen LogP contribution in [0.25, 0.3) is 0 Å². The van der Waals surface area contributed by atoms with Gasteiger partial charge in [0.05, 0.1) is 19.6 Å². The number of likely N-dealkylation sites (tertiary alicyclic amines) is 1. The molecule has 2 aliphatic rings. The van der Waals surface area contributed by atoms with Crippen LogP contribution in [0.1, 0.15) is 44.2 Å². The van der Waals surface area contributed by atoms with E-state index in [2.05, 4.69) is 31.2 Å². The maximum atomic E-state index is 6.03. The minimum Gasteiger partial charge on any atom is -0.870 e. The van der Waals surface area contributed by atoms with Crippen molar-refractivity contribution >= 4 is 11.6 Å². The van der Waals surface area contributed by atoms with Crippen molar-refractivity contribution in [3.63, 3.8) is 0 Å². The third-order valence-electron chi connectivity index (χ3n) is 4.96. The van der Waals surface area contributed by atoms with E-state index in [-0.39, 0.29) is 5.48 Å². The van der Waals surface area contributed by atoms with Gasteiger partial charge in [-0.3, -0.25) is 0 Å². The molecule has 3 rings (SSSR count). The average molecular weight is 282 g/mol. The molecule has 19 heavy (non-hydrogen) atoms. The van der Waals surface area contributed by atoms with Crippen molar-refractivity contribution in [2.24, 2.45) is 5.92 Å². The van der Waals surface area contributed by atoms with Gasteiger partial charge in [0.1, 0.15) is 6.04 Å². The van der Waals surface area contributed by atoms with Crippen LogP contribution in [-0.4, -0.2) is 29.6 Å². The normalized spacial score (nSPS) is 22.8. The van der Waals surface area contributed by atoms with Gasteiger partial charge in [0.25, 0.3) is 0 Å². The van der Waals surface area contributed by atoms with Gasteiger partial charge in [0.2, 0.25) is 0 Å². The third kappa shape index (κ3) is 2.81. The zero-order valence-corrected chi connectivity index (χ0v) is 12.4. The van der Waals surface area contributed by atoms with Crippen LogP contribution < -0.4 is 0 Å². The molecule has 1 saturated carbocycles. The predicted molar refractivity (Wildman–Crippen MR) is 78.6 cm³/mol. The monoisotopic (exact) mass is 281 g/mol. The van der Waals surface area contributed by atoms with Crippen molar-refractivity contribution in [1.82, 2.24) is 0 Å². The van der Waals surface area contributed by atoms with Crippen LogP contribution in [0.2, 0.25) is 5.02 Å². The SMILES string of the molecule is CC[N+]1(C(c2ccc(Cl)cc2)C2CC2)CCCC1.[OH-]. The molecule has 1 saturated heterocycles. The summed E-state index contributed by atoms with van der Waals surface area (Å²) in [6, 6.07) is 9.39. The quantitative estimate of drug-likeness (QED) is 0.759. The molecular formula is C16H24ClNO. The molecule has 1 unspecified atom stereocenters. The number of hydrogen-bond acceptors (Lipinski definition) is 1. The van der Waals surface area contributed by atoms with Crippen molar-refractivity contribution in [1.29, 1.82) is 0 Å². The van der Waals surface area contributed by atoms with Crippen LogP contribution in [0.15, 0.2) is 24.3 Å². The number of halogens is 1. The number of nitrogens with zero attached hydrogens (tertiary/aromatic N) is 1. The lowest BCUT2D eigenvalue weighted by molar-refractivity contribution is -0.947. The molecule has 1 aromatic carbocycles. The fourth-order valence-corrected chi connectivity index (χ4v) is 3.99. The first-order valence-corrected chi connectivity index (χ1v) is 7.74. The first kappa shape index (κ1) is 14.8. The van der Waals surface area contributed by atoms with E-state index in [0.717, 1.165) is 17.0 Å². The number of hydrogen-bond donors (Lipinski definition) is 0. The van der Waals surface area contributed by atoms with E-state index in [1.807, 2.05) is 0 Å². The molecule has 1 aliphatic heterocycles. The van der Waals surface area contributed by atoms with Crippen LogP contribution in [-0.2, 0) is 0 Å². The van der Waals surface area contributed by atoms with E-state index in [4.69, 9.17) is 11.6 Å². The minimum absolute atomic E-state index is 0. The Balaban J connectivity index is 0.00000133. The van der Waals surface area contributed by atoms with Crippen molar-refractivity contribution in [3.05, 3.63) is 34.9 Å². The standard InChI is InChI=1S/C16H23ClN.H2O/c1-2-18(11-3-4-12-18)16(13-5-6-13)14-7-9-15(17)10-8-14;/h7-10,13,16H,2-6,11-12H2,1H3;1H2/q+1;/p-1. The largest absolute Gasteiger partial charge is 0.870 e. The van der Waals surface area contributed by atoms with Gasteiger partial charge in [-0.25, -0.2) is 0 Å². The molecule has 3 heteroatoms. The molecule has 1 N–H and O–H groups in total. The molecule has 0 radical (unpaired) electrons. The zero-order valence-electron chi connectivity index (χ0n) is 11.7. The molecule has 1 aliphatic carbocycles. The highest BCUT2D eigenvalue weighted by Crippen LogP contribution is 2.49. The van der Waals surface area contributed by atoms with Gasteiger partial charge in [-0.05, 0) is 31.9 Å². The average Bonchev–Trinajstić information content (AvgIpc) is 3.10. The second-order valence-electron chi connectivity index (χ2n) is 6.02. The number of rotatable bonds is 4. The summed E-state index contributed by atoms with van der Waals surface area (Å²) in [6.07, 6.45) is 5.66. The van der Waals surface area contributed by atoms with Crippen LogP contribution in [0.3, 0.4) is 0 Å². The van der Waals surface area contributed by atoms with Crippen molar-refractivity contribution < 1.29 is 9.96 Å². The van der Waals surface area contributed by atoms with Gasteiger partial charge >= 0.3 is 0 Å². The van der Waals surface area contributed by atoms with E-state index < -0.39 is 0 Å². The molecule has 2 nitrogen and oxygen atoms in total. The predicted octanol–water partition coefficient (Wildman–Crippen LogP) is 4.24. The number of quaternary nitrogens is 1. The fourth-order valence-electron chi connectivity index (χ4n) is 3.86. The Morgan fingerprint density at radius 2 is 1.74 bits per heavy atom. The molecule has 106 valence electrons. The lowest BCUT2D eigenvalue weighted by Gasteiger charge is -2.41.